The predicted octanol–water partition coefficient (Wildman–Crippen LogP) is 5.71. The topological polar surface area (TPSA) is 128 Å². The van der Waals surface area contributed by atoms with Gasteiger partial charge in [0, 0.05) is 10.6 Å². The van der Waals surface area contributed by atoms with Gasteiger partial charge in [0.05, 0.1) is 18.6 Å². The molecule has 0 spiro atoms. The number of carbonyl (C=O) groups excluding carboxylic acids is 2. The molecule has 3 atom stereocenters. The Morgan fingerprint density at radius 3 is 1.98 bits per heavy atom. The molecule has 216 valence electrons. The average Bonchev–Trinajstić information content (AvgIpc) is 2.99. The number of rotatable bonds is 10. The number of hydrogen-bond acceptors (Lipinski definition) is 4. The average molecular weight is 578 g/mol. The number of nitrogens with one attached hydrogen (secondary N) is 3. The van der Waals surface area contributed by atoms with Crippen molar-refractivity contribution in [1.82, 2.24) is 16.0 Å². The first kappa shape index (κ1) is 30.1. The first-order chi connectivity index (χ1) is 19.7. The van der Waals surface area contributed by atoms with Gasteiger partial charge in [0.2, 0.25) is 0 Å². The number of aliphatic hydroxyl groups excluding tert-OH is 1. The summed E-state index contributed by atoms with van der Waals surface area (Å²) in [5, 5.41) is 27.4. The fourth-order valence-corrected chi connectivity index (χ4v) is 5.29. The highest BCUT2D eigenvalue weighted by Crippen LogP contribution is 2.33. The third-order valence-electron chi connectivity index (χ3n) is 7.59. The second kappa shape index (κ2) is 14.1. The number of carboxylic acids is 1. The van der Waals surface area contributed by atoms with Crippen LogP contribution in [0.1, 0.15) is 89.6 Å². The lowest BCUT2D eigenvalue weighted by Crippen LogP contribution is -2.39. The summed E-state index contributed by atoms with van der Waals surface area (Å²) in [6.45, 7) is 1.49. The smallest absolute Gasteiger partial charge is 0.334 e. The highest BCUT2D eigenvalue weighted by molar-refractivity contribution is 6.30. The maximum atomic E-state index is 13.2. The zero-order valence-electron chi connectivity index (χ0n) is 23.0. The van der Waals surface area contributed by atoms with E-state index in [-0.39, 0.29) is 12.1 Å². The Hall–Kier alpha value is -3.88. The van der Waals surface area contributed by atoms with E-state index < -0.39 is 30.6 Å². The van der Waals surface area contributed by atoms with E-state index in [9.17, 15) is 19.5 Å². The fraction of sp³-hybridized carbons (Fsp3) is 0.344. The Labute approximate surface area is 245 Å². The molecule has 8 nitrogen and oxygen atoms in total. The zero-order chi connectivity index (χ0) is 29.4. The van der Waals surface area contributed by atoms with Crippen molar-refractivity contribution in [1.29, 1.82) is 0 Å². The standard InChI is InChI=1S/C32H36ClN3O5/c1-20(21-15-17-27(33)18-16-21)35-32(41)36-29(24-9-7-23(8-10-24)22-5-3-2-4-6-22)25-11-13-26(14-12-25)30(38)34-19-28(37)31(39)40/h7-18,20,22,28-29,37H,2-6,19H2,1H3,(H,34,38)(H,39,40)(H2,35,36,41)/t20-,28+,29?/m0/s1. The van der Waals surface area contributed by atoms with Crippen molar-refractivity contribution >= 4 is 29.5 Å². The van der Waals surface area contributed by atoms with Gasteiger partial charge in [-0.15, -0.1) is 0 Å². The molecule has 9 heteroatoms. The van der Waals surface area contributed by atoms with Crippen LogP contribution in [0, 0.1) is 0 Å². The number of aliphatic hydroxyl groups is 1. The van der Waals surface area contributed by atoms with Crippen LogP contribution in [0.25, 0.3) is 0 Å². The molecule has 0 bridgehead atoms. The molecule has 1 unspecified atom stereocenters. The molecular weight excluding hydrogens is 542 g/mol. The maximum absolute atomic E-state index is 13.2. The van der Waals surface area contributed by atoms with E-state index in [4.69, 9.17) is 16.7 Å². The highest BCUT2D eigenvalue weighted by atomic mass is 35.5. The number of carboxylic acid groups (broad SMARTS) is 1. The molecule has 41 heavy (non-hydrogen) atoms. The van der Waals surface area contributed by atoms with Crippen LogP contribution in [0.2, 0.25) is 5.02 Å². The fourth-order valence-electron chi connectivity index (χ4n) is 5.17. The van der Waals surface area contributed by atoms with Gasteiger partial charge in [0.15, 0.2) is 6.10 Å². The van der Waals surface area contributed by atoms with E-state index >= 15 is 0 Å². The molecule has 1 fully saturated rings. The molecule has 5 N–H and O–H groups in total. The summed E-state index contributed by atoms with van der Waals surface area (Å²) in [5.74, 6) is -1.36. The van der Waals surface area contributed by atoms with Gasteiger partial charge in [-0.1, -0.05) is 79.4 Å². The van der Waals surface area contributed by atoms with Crippen LogP contribution in [0.3, 0.4) is 0 Å². The van der Waals surface area contributed by atoms with Gasteiger partial charge in [-0.25, -0.2) is 9.59 Å². The summed E-state index contributed by atoms with van der Waals surface area (Å²) in [4.78, 5) is 36.4. The largest absolute Gasteiger partial charge is 0.479 e. The molecule has 0 radical (unpaired) electrons. The van der Waals surface area contributed by atoms with E-state index in [1.54, 1.807) is 36.4 Å². The van der Waals surface area contributed by atoms with Crippen molar-refractivity contribution in [3.63, 3.8) is 0 Å². The quantitative estimate of drug-likeness (QED) is 0.211. The highest BCUT2D eigenvalue weighted by Gasteiger charge is 2.21. The molecule has 3 aromatic carbocycles. The number of carbonyl (C=O) groups is 3. The second-order valence-corrected chi connectivity index (χ2v) is 10.9. The van der Waals surface area contributed by atoms with Crippen molar-refractivity contribution < 1.29 is 24.6 Å². The molecule has 0 saturated heterocycles. The van der Waals surface area contributed by atoms with E-state index in [0.717, 1.165) is 16.7 Å². The van der Waals surface area contributed by atoms with Crippen molar-refractivity contribution in [2.45, 2.75) is 63.1 Å². The molecule has 1 aliphatic rings. The Kier molecular flexibility index (Phi) is 10.4. The first-order valence-corrected chi connectivity index (χ1v) is 14.3. The van der Waals surface area contributed by atoms with Gasteiger partial charge in [-0.05, 0) is 72.2 Å². The summed E-state index contributed by atoms with van der Waals surface area (Å²) in [6.07, 6.45) is 4.49. The molecule has 0 aliphatic heterocycles. The third kappa shape index (κ3) is 8.31. The lowest BCUT2D eigenvalue weighted by Gasteiger charge is -2.25. The lowest BCUT2D eigenvalue weighted by molar-refractivity contribution is -0.146. The monoisotopic (exact) mass is 577 g/mol. The number of amides is 3. The molecule has 1 aliphatic carbocycles. The number of urea groups is 1. The maximum Gasteiger partial charge on any atom is 0.334 e. The van der Waals surface area contributed by atoms with Crippen molar-refractivity contribution in [3.05, 3.63) is 106 Å². The van der Waals surface area contributed by atoms with Crippen LogP contribution in [0.5, 0.6) is 0 Å². The Bertz CT molecular complexity index is 1320. The van der Waals surface area contributed by atoms with Crippen LogP contribution in [0.15, 0.2) is 72.8 Å². The molecule has 1 saturated carbocycles. The van der Waals surface area contributed by atoms with Gasteiger partial charge in [-0.3, -0.25) is 4.79 Å². The Morgan fingerprint density at radius 2 is 1.39 bits per heavy atom. The molecule has 4 rings (SSSR count). The Morgan fingerprint density at radius 1 is 0.829 bits per heavy atom. The minimum Gasteiger partial charge on any atom is -0.479 e. The summed E-state index contributed by atoms with van der Waals surface area (Å²) < 4.78 is 0. The van der Waals surface area contributed by atoms with E-state index in [0.29, 0.717) is 16.5 Å². The SMILES string of the molecule is C[C@H](NC(=O)NC(c1ccc(C(=O)NC[C@@H](O)C(=O)O)cc1)c1ccc(C2CCCCC2)cc1)c1ccc(Cl)cc1. The number of aliphatic carboxylic acids is 1. The second-order valence-electron chi connectivity index (χ2n) is 10.5. The Balaban J connectivity index is 1.52. The minimum atomic E-state index is -1.68. The van der Waals surface area contributed by atoms with Gasteiger partial charge in [0.1, 0.15) is 0 Å². The summed E-state index contributed by atoms with van der Waals surface area (Å²) >= 11 is 6.00. The van der Waals surface area contributed by atoms with Crippen LogP contribution in [-0.4, -0.2) is 40.8 Å². The van der Waals surface area contributed by atoms with Gasteiger partial charge < -0.3 is 26.2 Å². The summed E-state index contributed by atoms with van der Waals surface area (Å²) in [5.41, 5.74) is 4.20. The normalized spacial score (nSPS) is 15.8. The van der Waals surface area contributed by atoms with E-state index in [1.165, 1.54) is 37.7 Å². The molecule has 0 heterocycles. The van der Waals surface area contributed by atoms with Crippen molar-refractivity contribution in [2.24, 2.45) is 0 Å². The van der Waals surface area contributed by atoms with Crippen molar-refractivity contribution in [2.75, 3.05) is 6.54 Å². The zero-order valence-corrected chi connectivity index (χ0v) is 23.7. The summed E-state index contributed by atoms with van der Waals surface area (Å²) in [6, 6.07) is 21.3. The molecule has 3 aromatic rings. The third-order valence-corrected chi connectivity index (χ3v) is 7.84. The molecular formula is C32H36ClN3O5. The predicted molar refractivity (Wildman–Crippen MR) is 158 cm³/mol. The number of halogens is 1. The van der Waals surface area contributed by atoms with Crippen molar-refractivity contribution in [3.8, 4) is 0 Å². The summed E-state index contributed by atoms with van der Waals surface area (Å²) in [7, 11) is 0. The number of benzene rings is 3. The van der Waals surface area contributed by atoms with Gasteiger partial charge in [-0.2, -0.15) is 0 Å². The van der Waals surface area contributed by atoms with Crippen LogP contribution >= 0.6 is 11.6 Å². The number of hydrogen-bond donors (Lipinski definition) is 5. The van der Waals surface area contributed by atoms with Crippen LogP contribution < -0.4 is 16.0 Å². The van der Waals surface area contributed by atoms with Crippen LogP contribution in [-0.2, 0) is 4.79 Å². The first-order valence-electron chi connectivity index (χ1n) is 13.9. The molecule has 0 aromatic heterocycles. The van der Waals surface area contributed by atoms with E-state index in [2.05, 4.69) is 28.1 Å². The minimum absolute atomic E-state index is 0.256. The van der Waals surface area contributed by atoms with Crippen LogP contribution in [0.4, 0.5) is 4.79 Å². The van der Waals surface area contributed by atoms with Gasteiger partial charge in [0.25, 0.3) is 5.91 Å². The van der Waals surface area contributed by atoms with Gasteiger partial charge >= 0.3 is 12.0 Å². The van der Waals surface area contributed by atoms with E-state index in [1.807, 2.05) is 31.2 Å². The lowest BCUT2D eigenvalue weighted by atomic mass is 9.83. The molecule has 3 amide bonds.